The van der Waals surface area contributed by atoms with Gasteiger partial charge in [0.15, 0.2) is 8.83 Å². The van der Waals surface area contributed by atoms with Crippen molar-refractivity contribution in [2.75, 3.05) is 0 Å². The molecule has 79 valence electrons. The van der Waals surface area contributed by atoms with Crippen molar-refractivity contribution in [2.45, 2.75) is 0 Å². The lowest BCUT2D eigenvalue weighted by atomic mass is 10.1. The van der Waals surface area contributed by atoms with Crippen LogP contribution >= 0.6 is 11.1 Å². The maximum Gasteiger partial charge on any atom is 0.181 e. The van der Waals surface area contributed by atoms with Crippen molar-refractivity contribution in [3.05, 3.63) is 71.8 Å². The first kappa shape index (κ1) is 11.2. The van der Waals surface area contributed by atoms with Gasteiger partial charge in [0.05, 0.1) is 0 Å². The lowest BCUT2D eigenvalue weighted by molar-refractivity contribution is 1.64. The maximum absolute atomic E-state index is 6.07. The Hall–Kier alpha value is -1.31. The summed E-state index contributed by atoms with van der Waals surface area (Å²) in [6.07, 6.45) is 2.16. The van der Waals surface area contributed by atoms with Crippen LogP contribution in [-0.4, -0.2) is 8.83 Å². The molecule has 0 heterocycles. The molecule has 0 unspecified atom stereocenters. The van der Waals surface area contributed by atoms with Crippen molar-refractivity contribution in [1.82, 2.24) is 0 Å². The third-order valence-corrected chi connectivity index (χ3v) is 3.79. The summed E-state index contributed by atoms with van der Waals surface area (Å²) < 4.78 is 0. The quantitative estimate of drug-likeness (QED) is 0.437. The van der Waals surface area contributed by atoms with Crippen LogP contribution in [0.1, 0.15) is 11.1 Å². The summed E-state index contributed by atoms with van der Waals surface area (Å²) >= 11 is 6.07. The van der Waals surface area contributed by atoms with Gasteiger partial charge in [-0.2, -0.15) is 11.1 Å². The van der Waals surface area contributed by atoms with Crippen molar-refractivity contribution in [3.63, 3.8) is 0 Å². The van der Waals surface area contributed by atoms with Crippen molar-refractivity contribution in [1.29, 1.82) is 0 Å². The lowest BCUT2D eigenvalue weighted by Crippen LogP contribution is -1.88. The smallest absolute Gasteiger partial charge is 0.167 e. The van der Waals surface area contributed by atoms with E-state index in [0.29, 0.717) is 0 Å². The fourth-order valence-electron chi connectivity index (χ4n) is 1.54. The first-order valence-corrected chi connectivity index (χ1v) is 7.48. The molecule has 2 heteroatoms. The van der Waals surface area contributed by atoms with E-state index in [0.717, 1.165) is 0 Å². The molecular weight excluding hydrogens is 232 g/mol. The monoisotopic (exact) mass is 243 g/mol. The molecule has 0 bridgehead atoms. The van der Waals surface area contributed by atoms with E-state index in [9.17, 15) is 0 Å². The molecule has 1 radical (unpaired) electrons. The second-order valence-corrected chi connectivity index (χ2v) is 4.98. The molecule has 16 heavy (non-hydrogen) atoms. The summed E-state index contributed by atoms with van der Waals surface area (Å²) in [5, 5.41) is 1.23. The molecule has 0 aliphatic rings. The second kappa shape index (κ2) is 5.68. The van der Waals surface area contributed by atoms with Crippen LogP contribution in [0.3, 0.4) is 0 Å². The number of hydrogen-bond acceptors (Lipinski definition) is 0. The summed E-state index contributed by atoms with van der Waals surface area (Å²) in [5.41, 5.74) is 2.42. The van der Waals surface area contributed by atoms with Crippen LogP contribution in [0.25, 0.3) is 11.3 Å². The molecule has 2 rings (SSSR count). The van der Waals surface area contributed by atoms with Gasteiger partial charge < -0.3 is 0 Å². The Morgan fingerprint density at radius 3 is 2.00 bits per heavy atom. The van der Waals surface area contributed by atoms with Gasteiger partial charge in [-0.05, 0) is 16.3 Å². The number of hydrogen-bond donors (Lipinski definition) is 0. The molecule has 0 aromatic heterocycles. The number of rotatable bonds is 3. The van der Waals surface area contributed by atoms with Gasteiger partial charge >= 0.3 is 0 Å². The minimum Gasteiger partial charge on any atom is -0.167 e. The maximum atomic E-state index is 6.07. The average molecular weight is 244 g/mol. The highest BCUT2D eigenvalue weighted by Gasteiger charge is 2.00. The first-order valence-electron chi connectivity index (χ1n) is 5.16. The molecule has 0 N–H and O–H groups in total. The van der Waals surface area contributed by atoms with E-state index in [-0.39, 0.29) is 8.83 Å². The minimum absolute atomic E-state index is 0.198. The van der Waals surface area contributed by atoms with Crippen LogP contribution in [0.2, 0.25) is 0 Å². The van der Waals surface area contributed by atoms with Crippen LogP contribution < -0.4 is 0 Å². The minimum atomic E-state index is -0.198. The Kier molecular flexibility index (Phi) is 3.97. The summed E-state index contributed by atoms with van der Waals surface area (Å²) in [6, 6.07) is 20.6. The van der Waals surface area contributed by atoms with E-state index in [2.05, 4.69) is 30.3 Å². The normalized spacial score (nSPS) is 11.4. The summed E-state index contributed by atoms with van der Waals surface area (Å²) in [7, 11) is -0.198. The molecule has 0 aliphatic heterocycles. The fourth-order valence-corrected chi connectivity index (χ4v) is 2.68. The second-order valence-electron chi connectivity index (χ2n) is 3.49. The summed E-state index contributed by atoms with van der Waals surface area (Å²) in [5.74, 6) is 0. The van der Waals surface area contributed by atoms with Crippen LogP contribution in [0.15, 0.2) is 60.7 Å². The molecule has 0 nitrogen and oxygen atoms in total. The van der Waals surface area contributed by atoms with E-state index in [1.807, 2.05) is 36.4 Å². The van der Waals surface area contributed by atoms with E-state index in [4.69, 9.17) is 11.1 Å². The molecule has 0 saturated heterocycles. The molecule has 0 amide bonds. The van der Waals surface area contributed by atoms with Gasteiger partial charge in [0, 0.05) is 0 Å². The Morgan fingerprint density at radius 1 is 0.875 bits per heavy atom. The van der Waals surface area contributed by atoms with E-state index < -0.39 is 0 Å². The molecule has 2 aromatic rings. The zero-order valence-electron chi connectivity index (χ0n) is 8.81. The highest BCUT2D eigenvalue weighted by atomic mass is 35.6. The van der Waals surface area contributed by atoms with Crippen molar-refractivity contribution >= 4 is 31.2 Å². The van der Waals surface area contributed by atoms with Crippen LogP contribution in [0.4, 0.5) is 0 Å². The van der Waals surface area contributed by atoms with Gasteiger partial charge in [0.25, 0.3) is 0 Å². The van der Waals surface area contributed by atoms with Gasteiger partial charge in [-0.3, -0.25) is 0 Å². The molecule has 0 saturated carbocycles. The van der Waals surface area contributed by atoms with E-state index in [1.54, 1.807) is 0 Å². The lowest BCUT2D eigenvalue weighted by Gasteiger charge is -2.03. The topological polar surface area (TPSA) is 0 Å². The zero-order valence-corrected chi connectivity index (χ0v) is 10.7. The molecular formula is C14H12ClSi. The Bertz CT molecular complexity index is 463. The van der Waals surface area contributed by atoms with Crippen LogP contribution in [0, 0.1) is 0 Å². The third-order valence-electron chi connectivity index (χ3n) is 2.35. The van der Waals surface area contributed by atoms with Crippen molar-refractivity contribution < 1.29 is 0 Å². The largest absolute Gasteiger partial charge is 0.181 e. The SMILES string of the molecule is Cl[SiH]/C(=C\c1ccccc1)c1ccccc1. The van der Waals surface area contributed by atoms with Gasteiger partial charge in [0.1, 0.15) is 0 Å². The summed E-state index contributed by atoms with van der Waals surface area (Å²) in [4.78, 5) is 0. The number of benzene rings is 2. The van der Waals surface area contributed by atoms with Crippen LogP contribution in [-0.2, 0) is 0 Å². The van der Waals surface area contributed by atoms with Gasteiger partial charge in [0.2, 0.25) is 0 Å². The van der Waals surface area contributed by atoms with Crippen molar-refractivity contribution in [3.8, 4) is 0 Å². The highest BCUT2D eigenvalue weighted by molar-refractivity contribution is 7.05. The number of halogens is 1. The van der Waals surface area contributed by atoms with Crippen LogP contribution in [0.5, 0.6) is 0 Å². The van der Waals surface area contributed by atoms with E-state index in [1.165, 1.54) is 16.3 Å². The van der Waals surface area contributed by atoms with Gasteiger partial charge in [-0.25, -0.2) is 0 Å². The molecule has 0 spiro atoms. The predicted octanol–water partition coefficient (Wildman–Crippen LogP) is 3.78. The Labute approximate surface area is 103 Å². The van der Waals surface area contributed by atoms with Crippen molar-refractivity contribution in [2.24, 2.45) is 0 Å². The molecule has 0 aliphatic carbocycles. The first-order chi connectivity index (χ1) is 7.90. The summed E-state index contributed by atoms with van der Waals surface area (Å²) in [6.45, 7) is 0. The van der Waals surface area contributed by atoms with E-state index >= 15 is 0 Å². The van der Waals surface area contributed by atoms with Gasteiger partial charge in [-0.1, -0.05) is 66.7 Å². The highest BCUT2D eigenvalue weighted by Crippen LogP contribution is 2.17. The standard InChI is InChI=1S/C14H12ClSi/c15-16-14(13-9-5-2-6-10-13)11-12-7-3-1-4-8-12/h1-11,16H/b14-11-. The predicted molar refractivity (Wildman–Crippen MR) is 73.8 cm³/mol. The zero-order chi connectivity index (χ0) is 11.2. The molecule has 2 aromatic carbocycles. The van der Waals surface area contributed by atoms with Gasteiger partial charge in [-0.15, -0.1) is 0 Å². The molecule has 0 fully saturated rings. The fraction of sp³-hybridized carbons (Fsp3) is 0. The molecule has 0 atom stereocenters. The Balaban J connectivity index is 2.34. The third kappa shape index (κ3) is 2.84. The average Bonchev–Trinajstić information content (AvgIpc) is 2.38. The Morgan fingerprint density at radius 2 is 1.44 bits per heavy atom.